The predicted octanol–water partition coefficient (Wildman–Crippen LogP) is 3.17. The van der Waals surface area contributed by atoms with Crippen LogP contribution in [0.2, 0.25) is 5.02 Å². The van der Waals surface area contributed by atoms with E-state index in [0.29, 0.717) is 34.9 Å². The molecule has 31 heavy (non-hydrogen) atoms. The normalized spacial score (nSPS) is 15.9. The summed E-state index contributed by atoms with van der Waals surface area (Å²) in [6.45, 7) is 2.91. The fourth-order valence-corrected chi connectivity index (χ4v) is 6.37. The first kappa shape index (κ1) is 21.9. The van der Waals surface area contributed by atoms with E-state index in [2.05, 4.69) is 10.3 Å². The predicted molar refractivity (Wildman–Crippen MR) is 121 cm³/mol. The number of aromatic nitrogens is 2. The first-order chi connectivity index (χ1) is 14.8. The lowest BCUT2D eigenvalue weighted by Crippen LogP contribution is -2.41. The smallest absolute Gasteiger partial charge is 0.308 e. The summed E-state index contributed by atoms with van der Waals surface area (Å²) < 4.78 is 29.9. The largest absolute Gasteiger partial charge is 0.310 e. The Bertz CT molecular complexity index is 1280. The molecule has 3 aromatic rings. The number of rotatable bonds is 5. The number of halogens is 1. The van der Waals surface area contributed by atoms with Gasteiger partial charge in [-0.25, -0.2) is 13.4 Å². The quantitative estimate of drug-likeness (QED) is 0.604. The summed E-state index contributed by atoms with van der Waals surface area (Å²) in [6.07, 6.45) is 2.29. The van der Waals surface area contributed by atoms with Gasteiger partial charge in [-0.1, -0.05) is 22.9 Å². The number of sulfonamides is 1. The molecule has 164 valence electrons. The molecule has 0 atom stereocenters. The van der Waals surface area contributed by atoms with Crippen molar-refractivity contribution >= 4 is 54.9 Å². The zero-order chi connectivity index (χ0) is 22.2. The van der Waals surface area contributed by atoms with E-state index in [1.165, 1.54) is 10.5 Å². The van der Waals surface area contributed by atoms with Gasteiger partial charge in [0.15, 0.2) is 0 Å². The molecule has 0 unspecified atom stereocenters. The maximum absolute atomic E-state index is 13.1. The Hall–Kier alpha value is -2.27. The van der Waals surface area contributed by atoms with Crippen molar-refractivity contribution < 1.29 is 13.2 Å². The second kappa shape index (κ2) is 8.70. The van der Waals surface area contributed by atoms with Crippen molar-refractivity contribution in [1.82, 2.24) is 13.9 Å². The van der Waals surface area contributed by atoms with E-state index >= 15 is 0 Å². The number of hydrogen-bond donors (Lipinski definition) is 1. The first-order valence-corrected chi connectivity index (χ1v) is 12.5. The lowest BCUT2D eigenvalue weighted by molar-refractivity contribution is -0.120. The molecule has 1 N–H and O–H groups in total. The number of nitrogens with zero attached hydrogens (tertiary/aromatic N) is 3. The number of piperidine rings is 1. The van der Waals surface area contributed by atoms with Crippen molar-refractivity contribution in [2.75, 3.05) is 18.4 Å². The minimum absolute atomic E-state index is 0.103. The number of pyridine rings is 1. The SMILES string of the molecule is CCn1c(=O)sc2cc(S(=O)(=O)N3CCC(C(=O)Nc4ccc(Cl)cn4)CC3)ccc21. The fraction of sp³-hybridized carbons (Fsp3) is 0.350. The van der Waals surface area contributed by atoms with Crippen molar-refractivity contribution in [3.8, 4) is 0 Å². The van der Waals surface area contributed by atoms with Crippen LogP contribution in [0.1, 0.15) is 19.8 Å². The number of benzene rings is 1. The second-order valence-electron chi connectivity index (χ2n) is 7.27. The topological polar surface area (TPSA) is 101 Å². The Morgan fingerprint density at radius 2 is 2.00 bits per heavy atom. The molecule has 1 saturated heterocycles. The second-order valence-corrected chi connectivity index (χ2v) is 10.6. The van der Waals surface area contributed by atoms with Crippen molar-refractivity contribution in [2.24, 2.45) is 5.92 Å². The molecule has 1 aliphatic rings. The van der Waals surface area contributed by atoms with Crippen LogP contribution in [-0.4, -0.2) is 41.3 Å². The van der Waals surface area contributed by atoms with Crippen molar-refractivity contribution in [3.05, 3.63) is 51.2 Å². The molecule has 0 radical (unpaired) electrons. The molecule has 4 rings (SSSR count). The highest BCUT2D eigenvalue weighted by molar-refractivity contribution is 7.89. The number of thiazole rings is 1. The molecule has 11 heteroatoms. The number of nitrogens with one attached hydrogen (secondary N) is 1. The summed E-state index contributed by atoms with van der Waals surface area (Å²) in [5.74, 6) is -0.0648. The lowest BCUT2D eigenvalue weighted by atomic mass is 9.97. The molecule has 2 aromatic heterocycles. The molecule has 8 nitrogen and oxygen atoms in total. The van der Waals surface area contributed by atoms with E-state index in [0.717, 1.165) is 16.9 Å². The molecule has 0 aliphatic carbocycles. The van der Waals surface area contributed by atoms with Crippen LogP contribution in [0.5, 0.6) is 0 Å². The number of amides is 1. The molecule has 1 aliphatic heterocycles. The van der Waals surface area contributed by atoms with E-state index < -0.39 is 10.0 Å². The maximum atomic E-state index is 13.1. The van der Waals surface area contributed by atoms with E-state index in [4.69, 9.17) is 11.6 Å². The van der Waals surface area contributed by atoms with E-state index in [9.17, 15) is 18.0 Å². The van der Waals surface area contributed by atoms with Gasteiger partial charge in [0.05, 0.1) is 20.1 Å². The van der Waals surface area contributed by atoms with E-state index in [-0.39, 0.29) is 34.7 Å². The molecule has 1 amide bonds. The van der Waals surface area contributed by atoms with Crippen LogP contribution in [0.4, 0.5) is 5.82 Å². The number of carbonyl (C=O) groups excluding carboxylic acids is 1. The van der Waals surface area contributed by atoms with Crippen molar-refractivity contribution in [2.45, 2.75) is 31.2 Å². The third-order valence-corrected chi connectivity index (χ3v) is 8.46. The van der Waals surface area contributed by atoms with E-state index in [1.54, 1.807) is 34.9 Å². The Kier molecular flexibility index (Phi) is 6.16. The molecular weight excluding hydrogens is 460 g/mol. The van der Waals surface area contributed by atoms with Gasteiger partial charge in [-0.2, -0.15) is 4.31 Å². The van der Waals surface area contributed by atoms with Crippen LogP contribution in [0.15, 0.2) is 46.2 Å². The van der Waals surface area contributed by atoms with Crippen LogP contribution in [0.25, 0.3) is 10.2 Å². The molecule has 1 fully saturated rings. The Balaban J connectivity index is 1.45. The van der Waals surface area contributed by atoms with Crippen LogP contribution in [0, 0.1) is 5.92 Å². The standard InChI is InChI=1S/C20H21ClN4O4S2/c1-2-25-16-5-4-15(11-17(16)30-20(25)27)31(28,29)24-9-7-13(8-10-24)19(26)23-18-6-3-14(21)12-22-18/h3-6,11-13H,2,7-10H2,1H3,(H,22,23,26). The Morgan fingerprint density at radius 3 is 2.65 bits per heavy atom. The Labute approximate surface area is 188 Å². The van der Waals surface area contributed by atoms with Crippen LogP contribution in [0.3, 0.4) is 0 Å². The minimum Gasteiger partial charge on any atom is -0.310 e. The number of aryl methyl sites for hydroxylation is 1. The highest BCUT2D eigenvalue weighted by Crippen LogP contribution is 2.28. The van der Waals surface area contributed by atoms with Gasteiger partial charge in [-0.05, 0) is 50.1 Å². The molecule has 0 saturated carbocycles. The average molecular weight is 481 g/mol. The van der Waals surface area contributed by atoms with Gasteiger partial charge in [0.2, 0.25) is 15.9 Å². The average Bonchev–Trinajstić information content (AvgIpc) is 3.09. The zero-order valence-corrected chi connectivity index (χ0v) is 19.1. The molecule has 1 aromatic carbocycles. The molecule has 0 bridgehead atoms. The summed E-state index contributed by atoms with van der Waals surface area (Å²) in [5, 5.41) is 3.23. The highest BCUT2D eigenvalue weighted by atomic mass is 35.5. The van der Waals surface area contributed by atoms with Crippen molar-refractivity contribution in [1.29, 1.82) is 0 Å². The zero-order valence-electron chi connectivity index (χ0n) is 16.7. The number of anilines is 1. The summed E-state index contributed by atoms with van der Waals surface area (Å²) in [4.78, 5) is 28.7. The van der Waals surface area contributed by atoms with Gasteiger partial charge in [0.25, 0.3) is 0 Å². The van der Waals surface area contributed by atoms with Crippen LogP contribution >= 0.6 is 22.9 Å². The highest BCUT2D eigenvalue weighted by Gasteiger charge is 2.32. The van der Waals surface area contributed by atoms with Crippen molar-refractivity contribution in [3.63, 3.8) is 0 Å². The summed E-state index contributed by atoms with van der Waals surface area (Å²) in [7, 11) is -3.71. The molecule has 3 heterocycles. The number of fused-ring (bicyclic) bond motifs is 1. The monoisotopic (exact) mass is 480 g/mol. The fourth-order valence-electron chi connectivity index (χ4n) is 3.69. The molecule has 0 spiro atoms. The maximum Gasteiger partial charge on any atom is 0.308 e. The summed E-state index contributed by atoms with van der Waals surface area (Å²) >= 11 is 6.84. The van der Waals surface area contributed by atoms with Crippen LogP contribution in [-0.2, 0) is 21.4 Å². The first-order valence-electron chi connectivity index (χ1n) is 9.85. The van der Waals surface area contributed by atoms with Gasteiger partial charge in [-0.15, -0.1) is 0 Å². The summed E-state index contributed by atoms with van der Waals surface area (Å²) in [5.41, 5.74) is 0.739. The number of hydrogen-bond acceptors (Lipinski definition) is 6. The van der Waals surface area contributed by atoms with Gasteiger partial charge in [0, 0.05) is 31.7 Å². The summed E-state index contributed by atoms with van der Waals surface area (Å²) in [6, 6.07) is 8.05. The molecular formula is C20H21ClN4O4S2. The Morgan fingerprint density at radius 1 is 1.26 bits per heavy atom. The minimum atomic E-state index is -3.71. The van der Waals surface area contributed by atoms with Gasteiger partial charge < -0.3 is 5.32 Å². The van der Waals surface area contributed by atoms with Crippen LogP contribution < -0.4 is 10.2 Å². The van der Waals surface area contributed by atoms with Gasteiger partial charge >= 0.3 is 4.87 Å². The third-order valence-electron chi connectivity index (χ3n) is 5.40. The van der Waals surface area contributed by atoms with Gasteiger partial charge in [0.1, 0.15) is 5.82 Å². The lowest BCUT2D eigenvalue weighted by Gasteiger charge is -2.30. The van der Waals surface area contributed by atoms with E-state index in [1.807, 2.05) is 6.92 Å². The third kappa shape index (κ3) is 4.38. The number of carbonyl (C=O) groups is 1. The van der Waals surface area contributed by atoms with Gasteiger partial charge in [-0.3, -0.25) is 14.2 Å².